The minimum absolute atomic E-state index is 0.111. The first-order valence-electron chi connectivity index (χ1n) is 3.61. The monoisotopic (exact) mass is 301 g/mol. The van der Waals surface area contributed by atoms with Gasteiger partial charge >= 0.3 is 6.18 Å². The molecule has 82 valence electrons. The summed E-state index contributed by atoms with van der Waals surface area (Å²) in [5.41, 5.74) is -0.618. The Morgan fingerprint density at radius 2 is 2.00 bits per heavy atom. The highest BCUT2D eigenvalue weighted by atomic mass is 79.9. The molecule has 0 heterocycles. The zero-order chi connectivity index (χ0) is 11.6. The second-order valence-corrected chi connectivity index (χ2v) is 3.80. The molecule has 15 heavy (non-hydrogen) atoms. The Morgan fingerprint density at radius 3 is 2.40 bits per heavy atom. The van der Waals surface area contributed by atoms with Gasteiger partial charge in [-0.2, -0.15) is 13.2 Å². The molecule has 0 aromatic heterocycles. The first-order valence-corrected chi connectivity index (χ1v) is 4.78. The first-order chi connectivity index (χ1) is 6.86. The Labute approximate surface area is 96.5 Å². The minimum atomic E-state index is -4.41. The van der Waals surface area contributed by atoms with E-state index in [4.69, 9.17) is 16.8 Å². The predicted octanol–water partition coefficient (Wildman–Crippen LogP) is 3.84. The zero-order valence-electron chi connectivity index (χ0n) is 7.02. The van der Waals surface area contributed by atoms with Crippen molar-refractivity contribution in [3.63, 3.8) is 0 Å². The maximum atomic E-state index is 12.2. The van der Waals surface area contributed by atoms with Crippen LogP contribution in [-0.2, 0) is 6.18 Å². The SMILES string of the molecule is O/N=C(\Cl)c1ccc(C(F)(F)F)cc1Br. The highest BCUT2D eigenvalue weighted by Crippen LogP contribution is 2.32. The molecule has 0 spiro atoms. The van der Waals surface area contributed by atoms with Gasteiger partial charge in [0.05, 0.1) is 5.56 Å². The largest absolute Gasteiger partial charge is 0.416 e. The van der Waals surface area contributed by atoms with E-state index in [9.17, 15) is 13.2 Å². The Balaban J connectivity index is 3.21. The van der Waals surface area contributed by atoms with Crippen LogP contribution in [0, 0.1) is 0 Å². The van der Waals surface area contributed by atoms with E-state index >= 15 is 0 Å². The van der Waals surface area contributed by atoms with Crippen molar-refractivity contribution in [2.75, 3.05) is 0 Å². The molecule has 0 bridgehead atoms. The molecule has 0 aliphatic heterocycles. The summed E-state index contributed by atoms with van der Waals surface area (Å²) in [5, 5.41) is 10.8. The molecule has 1 aromatic rings. The van der Waals surface area contributed by atoms with Crippen LogP contribution < -0.4 is 0 Å². The number of benzene rings is 1. The van der Waals surface area contributed by atoms with E-state index in [2.05, 4.69) is 21.1 Å². The summed E-state index contributed by atoms with van der Waals surface area (Å²) >= 11 is 8.36. The molecule has 0 atom stereocenters. The number of hydrogen-bond acceptors (Lipinski definition) is 2. The molecule has 1 N–H and O–H groups in total. The quantitative estimate of drug-likeness (QED) is 0.477. The van der Waals surface area contributed by atoms with Gasteiger partial charge in [-0.25, -0.2) is 0 Å². The van der Waals surface area contributed by atoms with Crippen LogP contribution in [0.5, 0.6) is 0 Å². The number of hydrogen-bond donors (Lipinski definition) is 1. The van der Waals surface area contributed by atoms with Crippen molar-refractivity contribution in [1.82, 2.24) is 0 Å². The van der Waals surface area contributed by atoms with Gasteiger partial charge in [-0.1, -0.05) is 38.8 Å². The molecule has 0 aliphatic carbocycles. The van der Waals surface area contributed by atoms with Gasteiger partial charge in [-0.05, 0) is 12.1 Å². The molecule has 2 nitrogen and oxygen atoms in total. The van der Waals surface area contributed by atoms with Crippen LogP contribution in [0.4, 0.5) is 13.2 Å². The van der Waals surface area contributed by atoms with E-state index in [1.807, 2.05) is 0 Å². The summed E-state index contributed by atoms with van der Waals surface area (Å²) in [5.74, 6) is 0. The molecule has 0 saturated carbocycles. The molecule has 1 aromatic carbocycles. The Hall–Kier alpha value is -0.750. The van der Waals surface area contributed by atoms with Crippen LogP contribution in [0.3, 0.4) is 0 Å². The molecule has 0 saturated heterocycles. The summed E-state index contributed by atoms with van der Waals surface area (Å²) < 4.78 is 36.9. The lowest BCUT2D eigenvalue weighted by molar-refractivity contribution is -0.137. The smallest absolute Gasteiger partial charge is 0.410 e. The Morgan fingerprint density at radius 1 is 1.40 bits per heavy atom. The van der Waals surface area contributed by atoms with Crippen LogP contribution in [0.2, 0.25) is 0 Å². The number of halogens is 5. The molecule has 0 radical (unpaired) electrons. The van der Waals surface area contributed by atoms with Crippen LogP contribution in [-0.4, -0.2) is 10.4 Å². The molecule has 0 fully saturated rings. The summed E-state index contributed by atoms with van der Waals surface area (Å²) in [6.45, 7) is 0. The lowest BCUT2D eigenvalue weighted by Crippen LogP contribution is -2.05. The van der Waals surface area contributed by atoms with Crippen LogP contribution in [0.25, 0.3) is 0 Å². The van der Waals surface area contributed by atoms with E-state index in [0.29, 0.717) is 0 Å². The number of rotatable bonds is 1. The summed E-state index contributed by atoms with van der Waals surface area (Å²) in [6, 6.07) is 2.84. The van der Waals surface area contributed by atoms with E-state index in [1.165, 1.54) is 0 Å². The van der Waals surface area contributed by atoms with E-state index in [0.717, 1.165) is 18.2 Å². The maximum absolute atomic E-state index is 12.2. The van der Waals surface area contributed by atoms with Gasteiger partial charge in [0, 0.05) is 10.0 Å². The van der Waals surface area contributed by atoms with Gasteiger partial charge in [-0.3, -0.25) is 0 Å². The van der Waals surface area contributed by atoms with Gasteiger partial charge in [0.25, 0.3) is 0 Å². The predicted molar refractivity (Wildman–Crippen MR) is 53.3 cm³/mol. The fraction of sp³-hybridized carbons (Fsp3) is 0.125. The van der Waals surface area contributed by atoms with Crippen molar-refractivity contribution < 1.29 is 18.4 Å². The van der Waals surface area contributed by atoms with Crippen molar-refractivity contribution in [3.05, 3.63) is 33.8 Å². The summed E-state index contributed by atoms with van der Waals surface area (Å²) in [4.78, 5) is 0. The number of nitrogens with zero attached hydrogens (tertiary/aromatic N) is 1. The average molecular weight is 302 g/mol. The fourth-order valence-corrected chi connectivity index (χ4v) is 1.76. The van der Waals surface area contributed by atoms with Crippen molar-refractivity contribution >= 4 is 32.7 Å². The first kappa shape index (κ1) is 12.3. The lowest BCUT2D eigenvalue weighted by atomic mass is 10.1. The normalized spacial score (nSPS) is 13.0. The third-order valence-corrected chi connectivity index (χ3v) is 2.54. The van der Waals surface area contributed by atoms with Gasteiger partial charge in [0.15, 0.2) is 5.17 Å². The van der Waals surface area contributed by atoms with E-state index in [-0.39, 0.29) is 15.2 Å². The zero-order valence-corrected chi connectivity index (χ0v) is 9.36. The second kappa shape index (κ2) is 4.40. The topological polar surface area (TPSA) is 32.6 Å². The third kappa shape index (κ3) is 2.85. The Bertz CT molecular complexity index is 405. The van der Waals surface area contributed by atoms with Crippen LogP contribution in [0.1, 0.15) is 11.1 Å². The standard InChI is InChI=1S/C8H4BrClF3NO/c9-6-3-4(8(11,12)13)1-2-5(6)7(10)14-15/h1-3,15H/b14-7-. The van der Waals surface area contributed by atoms with Crippen molar-refractivity contribution in [2.45, 2.75) is 6.18 Å². The average Bonchev–Trinajstić information content (AvgIpc) is 2.15. The molecule has 0 unspecified atom stereocenters. The van der Waals surface area contributed by atoms with Crippen molar-refractivity contribution in [2.24, 2.45) is 5.16 Å². The van der Waals surface area contributed by atoms with E-state index in [1.54, 1.807) is 0 Å². The summed E-state index contributed by atoms with van der Waals surface area (Å²) in [6.07, 6.45) is -4.41. The van der Waals surface area contributed by atoms with E-state index < -0.39 is 11.7 Å². The van der Waals surface area contributed by atoms with Crippen molar-refractivity contribution in [3.8, 4) is 0 Å². The highest BCUT2D eigenvalue weighted by Gasteiger charge is 2.31. The third-order valence-electron chi connectivity index (χ3n) is 1.61. The summed E-state index contributed by atoms with van der Waals surface area (Å²) in [7, 11) is 0. The molecule has 0 aliphatic rings. The molecule has 1 rings (SSSR count). The fourth-order valence-electron chi connectivity index (χ4n) is 0.913. The maximum Gasteiger partial charge on any atom is 0.416 e. The lowest BCUT2D eigenvalue weighted by Gasteiger charge is -2.08. The van der Waals surface area contributed by atoms with Gasteiger partial charge < -0.3 is 5.21 Å². The van der Waals surface area contributed by atoms with Crippen molar-refractivity contribution in [1.29, 1.82) is 0 Å². The van der Waals surface area contributed by atoms with Gasteiger partial charge in [0.2, 0.25) is 0 Å². The van der Waals surface area contributed by atoms with Gasteiger partial charge in [-0.15, -0.1) is 0 Å². The minimum Gasteiger partial charge on any atom is -0.410 e. The number of alkyl halides is 3. The molecular formula is C8H4BrClF3NO. The number of oxime groups is 1. The molecule has 7 heteroatoms. The molecular weight excluding hydrogens is 298 g/mol. The van der Waals surface area contributed by atoms with Crippen LogP contribution >= 0.6 is 27.5 Å². The highest BCUT2D eigenvalue weighted by molar-refractivity contribution is 9.10. The second-order valence-electron chi connectivity index (χ2n) is 2.58. The molecule has 0 amide bonds. The van der Waals surface area contributed by atoms with Crippen LogP contribution in [0.15, 0.2) is 27.8 Å². The van der Waals surface area contributed by atoms with Gasteiger partial charge in [0.1, 0.15) is 0 Å². The Kier molecular flexibility index (Phi) is 3.62.